The van der Waals surface area contributed by atoms with E-state index in [1.807, 2.05) is 30.8 Å². The molecule has 6 nitrogen and oxygen atoms in total. The number of carbonyl (C=O) groups is 1. The molecule has 0 bridgehead atoms. The number of carbonyl (C=O) groups excluding carboxylic acids is 1. The van der Waals surface area contributed by atoms with E-state index in [-0.39, 0.29) is 5.91 Å². The Bertz CT molecular complexity index is 620. The maximum Gasteiger partial charge on any atom is 0.227 e. The summed E-state index contributed by atoms with van der Waals surface area (Å²) in [6, 6.07) is 5.60. The number of anilines is 1. The molecule has 1 aliphatic heterocycles. The number of nitrogens with one attached hydrogen (secondary N) is 2. The van der Waals surface area contributed by atoms with Crippen molar-refractivity contribution in [3.05, 3.63) is 23.9 Å². The van der Waals surface area contributed by atoms with E-state index >= 15 is 0 Å². The molecular weight excluding hydrogens is 346 g/mol. The predicted octanol–water partition coefficient (Wildman–Crippen LogP) is 2.76. The van der Waals surface area contributed by atoms with E-state index in [4.69, 9.17) is 0 Å². The number of nitrogens with zero attached hydrogens (tertiary/aromatic N) is 3. The second-order valence-corrected chi connectivity index (χ2v) is 8.14. The van der Waals surface area contributed by atoms with Gasteiger partial charge in [0.2, 0.25) is 5.91 Å². The third-order valence-corrected chi connectivity index (χ3v) is 5.77. The molecule has 7 heteroatoms. The van der Waals surface area contributed by atoms with Gasteiger partial charge in [-0.3, -0.25) is 9.79 Å². The average molecular weight is 378 g/mol. The molecule has 0 spiro atoms. The second kappa shape index (κ2) is 10.4. The van der Waals surface area contributed by atoms with Crippen LogP contribution in [-0.2, 0) is 4.79 Å². The summed E-state index contributed by atoms with van der Waals surface area (Å²) in [6.07, 6.45) is 0.348. The van der Waals surface area contributed by atoms with Crippen molar-refractivity contribution >= 4 is 29.4 Å². The van der Waals surface area contributed by atoms with Crippen molar-refractivity contribution in [1.82, 2.24) is 15.2 Å². The molecule has 0 radical (unpaired) electrons. The number of rotatable bonds is 6. The third-order valence-electron chi connectivity index (χ3n) is 4.23. The van der Waals surface area contributed by atoms with Gasteiger partial charge in [-0.1, -0.05) is 19.9 Å². The Morgan fingerprint density at radius 1 is 1.46 bits per heavy atom. The zero-order chi connectivity index (χ0) is 18.9. The molecule has 1 saturated heterocycles. The Morgan fingerprint density at radius 3 is 2.96 bits per heavy atom. The fourth-order valence-corrected chi connectivity index (χ4v) is 4.08. The first-order chi connectivity index (χ1) is 12.5. The molecular formula is C19H31N5OS. The van der Waals surface area contributed by atoms with Gasteiger partial charge in [0, 0.05) is 42.8 Å². The molecule has 2 N–H and O–H groups in total. The molecule has 0 aromatic carbocycles. The molecule has 1 unspecified atom stereocenters. The number of guanidine groups is 1. The molecule has 0 saturated carbocycles. The molecule has 2 rings (SSSR count). The van der Waals surface area contributed by atoms with Gasteiger partial charge in [0.1, 0.15) is 5.82 Å². The molecule has 1 aliphatic rings. The van der Waals surface area contributed by atoms with Crippen molar-refractivity contribution in [3.8, 4) is 0 Å². The number of aryl methyl sites for hydroxylation is 1. The minimum atomic E-state index is -0.0584. The Labute approximate surface area is 161 Å². The van der Waals surface area contributed by atoms with Crippen molar-refractivity contribution in [2.45, 2.75) is 39.4 Å². The highest BCUT2D eigenvalue weighted by Gasteiger charge is 2.24. The van der Waals surface area contributed by atoms with Crippen LogP contribution in [0.25, 0.3) is 0 Å². The number of pyridine rings is 1. The summed E-state index contributed by atoms with van der Waals surface area (Å²) >= 11 is 2.05. The van der Waals surface area contributed by atoms with E-state index < -0.39 is 0 Å². The van der Waals surface area contributed by atoms with Gasteiger partial charge in [0.05, 0.1) is 6.54 Å². The van der Waals surface area contributed by atoms with E-state index in [0.717, 1.165) is 37.0 Å². The van der Waals surface area contributed by atoms with Crippen LogP contribution in [0.15, 0.2) is 23.2 Å². The van der Waals surface area contributed by atoms with Gasteiger partial charge in [-0.15, -0.1) is 0 Å². The molecule has 2 heterocycles. The normalized spacial score (nSPS) is 18.1. The lowest BCUT2D eigenvalue weighted by Gasteiger charge is -2.36. The molecule has 144 valence electrons. The minimum Gasteiger partial charge on any atom is -0.357 e. The Hall–Kier alpha value is -1.76. The fourth-order valence-electron chi connectivity index (χ4n) is 2.78. The monoisotopic (exact) mass is 377 g/mol. The molecule has 26 heavy (non-hydrogen) atoms. The van der Waals surface area contributed by atoms with Crippen LogP contribution in [0.3, 0.4) is 0 Å². The van der Waals surface area contributed by atoms with E-state index in [1.54, 1.807) is 6.07 Å². The smallest absolute Gasteiger partial charge is 0.227 e. The van der Waals surface area contributed by atoms with Crippen molar-refractivity contribution in [2.75, 3.05) is 37.2 Å². The van der Waals surface area contributed by atoms with Crippen molar-refractivity contribution in [2.24, 2.45) is 10.9 Å². The summed E-state index contributed by atoms with van der Waals surface area (Å²) in [4.78, 5) is 23.4. The number of aromatic nitrogens is 1. The van der Waals surface area contributed by atoms with Gasteiger partial charge in [-0.25, -0.2) is 4.98 Å². The van der Waals surface area contributed by atoms with E-state index in [1.165, 1.54) is 0 Å². The van der Waals surface area contributed by atoms with Crippen LogP contribution in [0.5, 0.6) is 0 Å². The summed E-state index contributed by atoms with van der Waals surface area (Å²) in [6.45, 7) is 11.8. The SMILES string of the molecule is CCNC(=NCCC(=O)Nc1cccc(C)n1)N1CCSC(C(C)C)C1. The van der Waals surface area contributed by atoms with Crippen LogP contribution in [-0.4, -0.2) is 58.9 Å². The topological polar surface area (TPSA) is 69.6 Å². The zero-order valence-corrected chi connectivity index (χ0v) is 17.1. The Morgan fingerprint density at radius 2 is 2.27 bits per heavy atom. The molecule has 1 aromatic rings. The van der Waals surface area contributed by atoms with E-state index in [2.05, 4.69) is 46.3 Å². The standard InChI is InChI=1S/C19H31N5OS/c1-5-20-19(24-11-12-26-16(13-24)14(2)3)21-10-9-18(25)23-17-8-6-7-15(4)22-17/h6-8,14,16H,5,9-13H2,1-4H3,(H,20,21)(H,22,23,25). The van der Waals surface area contributed by atoms with Gasteiger partial charge in [0.25, 0.3) is 0 Å². The number of hydrogen-bond donors (Lipinski definition) is 2. The first-order valence-corrected chi connectivity index (χ1v) is 10.4. The molecule has 1 fully saturated rings. The van der Waals surface area contributed by atoms with Crippen LogP contribution in [0, 0.1) is 12.8 Å². The van der Waals surface area contributed by atoms with Crippen LogP contribution in [0.4, 0.5) is 5.82 Å². The maximum absolute atomic E-state index is 12.1. The van der Waals surface area contributed by atoms with Gasteiger partial charge < -0.3 is 15.5 Å². The van der Waals surface area contributed by atoms with Crippen molar-refractivity contribution < 1.29 is 4.79 Å². The largest absolute Gasteiger partial charge is 0.357 e. The first-order valence-electron chi connectivity index (χ1n) is 9.38. The summed E-state index contributed by atoms with van der Waals surface area (Å²) < 4.78 is 0. The van der Waals surface area contributed by atoms with Crippen molar-refractivity contribution in [1.29, 1.82) is 0 Å². The lowest BCUT2D eigenvalue weighted by atomic mass is 10.1. The quantitative estimate of drug-likeness (QED) is 0.589. The summed E-state index contributed by atoms with van der Waals surface area (Å²) in [5.41, 5.74) is 0.887. The third kappa shape index (κ3) is 6.52. The predicted molar refractivity (Wildman–Crippen MR) is 111 cm³/mol. The summed E-state index contributed by atoms with van der Waals surface area (Å²) in [7, 11) is 0. The highest BCUT2D eigenvalue weighted by Crippen LogP contribution is 2.24. The summed E-state index contributed by atoms with van der Waals surface area (Å²) in [5.74, 6) is 3.22. The lowest BCUT2D eigenvalue weighted by molar-refractivity contribution is -0.116. The number of thioether (sulfide) groups is 1. The molecule has 1 aromatic heterocycles. The van der Waals surface area contributed by atoms with Crippen LogP contribution in [0.1, 0.15) is 32.9 Å². The second-order valence-electron chi connectivity index (χ2n) is 6.80. The Balaban J connectivity index is 1.88. The van der Waals surface area contributed by atoms with Gasteiger partial charge >= 0.3 is 0 Å². The van der Waals surface area contributed by atoms with E-state index in [9.17, 15) is 4.79 Å². The highest BCUT2D eigenvalue weighted by molar-refractivity contribution is 8.00. The molecule has 1 amide bonds. The maximum atomic E-state index is 12.1. The number of aliphatic imine (C=N–C) groups is 1. The number of amides is 1. The zero-order valence-electron chi connectivity index (χ0n) is 16.3. The van der Waals surface area contributed by atoms with Crippen molar-refractivity contribution in [3.63, 3.8) is 0 Å². The average Bonchev–Trinajstić information content (AvgIpc) is 2.61. The molecule has 1 atom stereocenters. The van der Waals surface area contributed by atoms with Crippen LogP contribution < -0.4 is 10.6 Å². The highest BCUT2D eigenvalue weighted by atomic mass is 32.2. The van der Waals surface area contributed by atoms with Crippen LogP contribution >= 0.6 is 11.8 Å². The minimum absolute atomic E-state index is 0.0584. The van der Waals surface area contributed by atoms with Gasteiger partial charge in [-0.2, -0.15) is 11.8 Å². The molecule has 0 aliphatic carbocycles. The van der Waals surface area contributed by atoms with Gasteiger partial charge in [0.15, 0.2) is 5.96 Å². The van der Waals surface area contributed by atoms with Crippen LogP contribution in [0.2, 0.25) is 0 Å². The fraction of sp³-hybridized carbons (Fsp3) is 0.632. The van der Waals surface area contributed by atoms with Gasteiger partial charge in [-0.05, 0) is 31.9 Å². The lowest BCUT2D eigenvalue weighted by Crippen LogP contribution is -2.49. The number of hydrogen-bond acceptors (Lipinski definition) is 4. The Kier molecular flexibility index (Phi) is 8.22. The first kappa shape index (κ1) is 20.6. The summed E-state index contributed by atoms with van der Waals surface area (Å²) in [5, 5.41) is 6.83. The van der Waals surface area contributed by atoms with E-state index in [0.29, 0.717) is 30.0 Å².